The minimum atomic E-state index is -0.169. The molecule has 2 heterocycles. The van der Waals surface area contributed by atoms with Crippen LogP contribution in [0.2, 0.25) is 0 Å². The molecule has 2 aromatic carbocycles. The fraction of sp³-hybridized carbons (Fsp3) is 0.269. The molecule has 4 aromatic rings. The number of benzene rings is 2. The molecule has 0 aliphatic heterocycles. The van der Waals surface area contributed by atoms with Crippen LogP contribution in [-0.2, 0) is 24.7 Å². The Balaban J connectivity index is 1.62. The summed E-state index contributed by atoms with van der Waals surface area (Å²) in [7, 11) is 1.93. The van der Waals surface area contributed by atoms with Gasteiger partial charge in [-0.25, -0.2) is 0 Å². The molecule has 6 heteroatoms. The van der Waals surface area contributed by atoms with Gasteiger partial charge in [-0.15, -0.1) is 0 Å². The number of aryl methyl sites for hydroxylation is 3. The van der Waals surface area contributed by atoms with Crippen LogP contribution in [0.1, 0.15) is 35.7 Å². The second kappa shape index (κ2) is 8.83. The highest BCUT2D eigenvalue weighted by Crippen LogP contribution is 2.23. The van der Waals surface area contributed by atoms with Crippen molar-refractivity contribution in [2.75, 3.05) is 5.32 Å². The van der Waals surface area contributed by atoms with Crippen molar-refractivity contribution in [2.45, 2.75) is 40.0 Å². The van der Waals surface area contributed by atoms with Gasteiger partial charge in [-0.2, -0.15) is 9.61 Å². The Kier molecular flexibility index (Phi) is 5.95. The van der Waals surface area contributed by atoms with Crippen molar-refractivity contribution >= 4 is 17.2 Å². The molecule has 0 unspecified atom stereocenters. The van der Waals surface area contributed by atoms with Gasteiger partial charge in [0.25, 0.3) is 5.56 Å². The second-order valence-corrected chi connectivity index (χ2v) is 8.10. The molecule has 0 aliphatic rings. The summed E-state index contributed by atoms with van der Waals surface area (Å²) in [6.45, 7) is 6.01. The lowest BCUT2D eigenvalue weighted by atomic mass is 10.1. The van der Waals surface area contributed by atoms with Gasteiger partial charge in [-0.3, -0.25) is 9.59 Å². The smallest absolute Gasteiger partial charge is 0.277 e. The Morgan fingerprint density at radius 2 is 1.78 bits per heavy atom. The average Bonchev–Trinajstić information content (AvgIpc) is 3.24. The number of rotatable bonds is 6. The molecular formula is C26H28N4O2. The number of nitrogens with zero attached hydrogens (tertiary/aromatic N) is 3. The van der Waals surface area contributed by atoms with E-state index >= 15 is 0 Å². The van der Waals surface area contributed by atoms with E-state index in [1.807, 2.05) is 80.1 Å². The van der Waals surface area contributed by atoms with Crippen LogP contribution in [0.5, 0.6) is 0 Å². The molecule has 0 saturated heterocycles. The van der Waals surface area contributed by atoms with Crippen molar-refractivity contribution in [3.63, 3.8) is 0 Å². The largest absolute Gasteiger partial charge is 0.333 e. The molecule has 0 bridgehead atoms. The summed E-state index contributed by atoms with van der Waals surface area (Å²) < 4.78 is 3.42. The lowest BCUT2D eigenvalue weighted by molar-refractivity contribution is -0.116. The molecule has 0 fully saturated rings. The van der Waals surface area contributed by atoms with Crippen LogP contribution in [0.4, 0.5) is 5.69 Å². The summed E-state index contributed by atoms with van der Waals surface area (Å²) in [5.74, 6) is -0.103. The van der Waals surface area contributed by atoms with Gasteiger partial charge in [-0.05, 0) is 43.9 Å². The van der Waals surface area contributed by atoms with E-state index in [1.54, 1.807) is 0 Å². The van der Waals surface area contributed by atoms with Gasteiger partial charge < -0.3 is 9.88 Å². The maximum absolute atomic E-state index is 13.3. The van der Waals surface area contributed by atoms with E-state index in [4.69, 9.17) is 0 Å². The van der Waals surface area contributed by atoms with Crippen molar-refractivity contribution < 1.29 is 4.79 Å². The van der Waals surface area contributed by atoms with Crippen molar-refractivity contribution in [3.05, 3.63) is 87.3 Å². The number of aromatic nitrogens is 3. The van der Waals surface area contributed by atoms with Crippen LogP contribution in [0.3, 0.4) is 0 Å². The zero-order valence-corrected chi connectivity index (χ0v) is 19.0. The first-order valence-corrected chi connectivity index (χ1v) is 10.9. The van der Waals surface area contributed by atoms with Gasteiger partial charge in [0.2, 0.25) is 5.91 Å². The Labute approximate surface area is 187 Å². The zero-order chi connectivity index (χ0) is 22.8. The van der Waals surface area contributed by atoms with Gasteiger partial charge in [0.15, 0.2) is 0 Å². The molecule has 32 heavy (non-hydrogen) atoms. The number of hydrogen-bond acceptors (Lipinski definition) is 3. The standard InChI is InChI=1S/C26H28N4O2/c1-5-19-11-7-9-13-22(19)27-24(31)15-14-21-18(3)29(4)25-16-23(28-30(25)26(21)32)20-12-8-6-10-17(20)2/h6-13,16H,5,14-15H2,1-4H3,(H,27,31). The van der Waals surface area contributed by atoms with E-state index in [9.17, 15) is 9.59 Å². The fourth-order valence-corrected chi connectivity index (χ4v) is 4.10. The van der Waals surface area contributed by atoms with Crippen LogP contribution < -0.4 is 10.9 Å². The van der Waals surface area contributed by atoms with E-state index in [0.29, 0.717) is 12.0 Å². The molecule has 0 aliphatic carbocycles. The summed E-state index contributed by atoms with van der Waals surface area (Å²) in [5.41, 5.74) is 6.81. The number of nitrogens with one attached hydrogen (secondary N) is 1. The number of anilines is 1. The number of hydrogen-bond donors (Lipinski definition) is 1. The highest BCUT2D eigenvalue weighted by Gasteiger charge is 2.17. The van der Waals surface area contributed by atoms with E-state index in [2.05, 4.69) is 17.3 Å². The van der Waals surface area contributed by atoms with E-state index in [1.165, 1.54) is 4.52 Å². The highest BCUT2D eigenvalue weighted by molar-refractivity contribution is 5.91. The van der Waals surface area contributed by atoms with Crippen LogP contribution in [0.25, 0.3) is 16.9 Å². The van der Waals surface area contributed by atoms with E-state index in [0.717, 1.165) is 45.8 Å². The molecule has 0 spiro atoms. The molecule has 1 N–H and O–H groups in total. The predicted molar refractivity (Wildman–Crippen MR) is 128 cm³/mol. The molecule has 164 valence electrons. The van der Waals surface area contributed by atoms with Gasteiger partial charge in [0.1, 0.15) is 5.65 Å². The molecular weight excluding hydrogens is 400 g/mol. The lowest BCUT2D eigenvalue weighted by Crippen LogP contribution is -2.26. The minimum absolute atomic E-state index is 0.103. The fourth-order valence-electron chi connectivity index (χ4n) is 4.10. The third-order valence-electron chi connectivity index (χ3n) is 6.12. The van der Waals surface area contributed by atoms with Crippen molar-refractivity contribution in [3.8, 4) is 11.3 Å². The molecule has 0 atom stereocenters. The van der Waals surface area contributed by atoms with E-state index < -0.39 is 0 Å². The van der Waals surface area contributed by atoms with Crippen LogP contribution in [0, 0.1) is 13.8 Å². The average molecular weight is 429 g/mol. The SMILES string of the molecule is CCc1ccccc1NC(=O)CCc1c(C)n(C)c2cc(-c3ccccc3C)nn2c1=O. The molecule has 0 saturated carbocycles. The minimum Gasteiger partial charge on any atom is -0.333 e. The molecule has 6 nitrogen and oxygen atoms in total. The van der Waals surface area contributed by atoms with Gasteiger partial charge >= 0.3 is 0 Å². The van der Waals surface area contributed by atoms with Crippen molar-refractivity contribution in [1.82, 2.24) is 14.2 Å². The normalized spacial score (nSPS) is 11.1. The molecule has 4 rings (SSSR count). The van der Waals surface area contributed by atoms with Crippen molar-refractivity contribution in [1.29, 1.82) is 0 Å². The Bertz CT molecular complexity index is 1360. The first-order chi connectivity index (χ1) is 15.4. The van der Waals surface area contributed by atoms with Gasteiger partial charge in [-0.1, -0.05) is 49.4 Å². The second-order valence-electron chi connectivity index (χ2n) is 8.10. The number of fused-ring (bicyclic) bond motifs is 1. The summed E-state index contributed by atoms with van der Waals surface area (Å²) in [5, 5.41) is 7.59. The topological polar surface area (TPSA) is 68.4 Å². The summed E-state index contributed by atoms with van der Waals surface area (Å²) in [6, 6.07) is 17.7. The predicted octanol–water partition coefficient (Wildman–Crippen LogP) is 4.45. The summed E-state index contributed by atoms with van der Waals surface area (Å²) in [4.78, 5) is 25.9. The van der Waals surface area contributed by atoms with Gasteiger partial charge in [0, 0.05) is 42.0 Å². The maximum atomic E-state index is 13.3. The summed E-state index contributed by atoms with van der Waals surface area (Å²) in [6.07, 6.45) is 1.43. The number of para-hydroxylation sites is 1. The molecule has 1 amide bonds. The lowest BCUT2D eigenvalue weighted by Gasteiger charge is -2.13. The third kappa shape index (κ3) is 3.96. The first-order valence-electron chi connectivity index (χ1n) is 10.9. The van der Waals surface area contributed by atoms with Crippen LogP contribution in [0.15, 0.2) is 59.4 Å². The van der Waals surface area contributed by atoms with E-state index in [-0.39, 0.29) is 17.9 Å². The quantitative estimate of drug-likeness (QED) is 0.493. The Morgan fingerprint density at radius 3 is 2.53 bits per heavy atom. The molecule has 0 radical (unpaired) electrons. The zero-order valence-electron chi connectivity index (χ0n) is 19.0. The van der Waals surface area contributed by atoms with Crippen LogP contribution in [-0.4, -0.2) is 20.1 Å². The Morgan fingerprint density at radius 1 is 1.06 bits per heavy atom. The summed E-state index contributed by atoms with van der Waals surface area (Å²) >= 11 is 0. The third-order valence-corrected chi connectivity index (χ3v) is 6.12. The number of amides is 1. The monoisotopic (exact) mass is 428 g/mol. The van der Waals surface area contributed by atoms with Crippen LogP contribution >= 0.6 is 0 Å². The molecule has 2 aromatic heterocycles. The van der Waals surface area contributed by atoms with Gasteiger partial charge in [0.05, 0.1) is 5.69 Å². The number of carbonyl (C=O) groups is 1. The number of carbonyl (C=O) groups excluding carboxylic acids is 1. The highest BCUT2D eigenvalue weighted by atomic mass is 16.1. The van der Waals surface area contributed by atoms with Crippen molar-refractivity contribution in [2.24, 2.45) is 7.05 Å². The Hall–Kier alpha value is -3.67. The first kappa shape index (κ1) is 21.6. The maximum Gasteiger partial charge on any atom is 0.277 e.